The fourth-order valence-electron chi connectivity index (χ4n) is 3.78. The molecule has 2 rings (SSSR count). The molecule has 0 aliphatic heterocycles. The second-order valence-electron chi connectivity index (χ2n) is 7.69. The van der Waals surface area contributed by atoms with E-state index in [1.54, 1.807) is 7.11 Å². The van der Waals surface area contributed by atoms with Gasteiger partial charge in [-0.3, -0.25) is 4.99 Å². The van der Waals surface area contributed by atoms with E-state index < -0.39 is 0 Å². The van der Waals surface area contributed by atoms with Crippen LogP contribution < -0.4 is 10.0 Å². The van der Waals surface area contributed by atoms with Crippen molar-refractivity contribution >= 4 is 20.1 Å². The van der Waals surface area contributed by atoms with Crippen LogP contribution in [0, 0.1) is 20.8 Å². The van der Waals surface area contributed by atoms with Gasteiger partial charge in [0.15, 0.2) is 6.79 Å². The molecular formula is C24H34NO2P. The fourth-order valence-corrected chi connectivity index (χ4v) is 5.51. The highest BCUT2D eigenvalue weighted by molar-refractivity contribution is 7.48. The van der Waals surface area contributed by atoms with E-state index in [-0.39, 0.29) is 11.9 Å². The van der Waals surface area contributed by atoms with Crippen molar-refractivity contribution < 1.29 is 9.47 Å². The highest BCUT2D eigenvalue weighted by Gasteiger charge is 2.31. The van der Waals surface area contributed by atoms with Crippen LogP contribution in [0.25, 0.3) is 0 Å². The van der Waals surface area contributed by atoms with Crippen LogP contribution in [0.4, 0.5) is 0 Å². The first-order valence-corrected chi connectivity index (χ1v) is 10.9. The number of methoxy groups -OCH3 is 1. The number of hydrogen-bond acceptors (Lipinski definition) is 3. The summed E-state index contributed by atoms with van der Waals surface area (Å²) in [5.41, 5.74) is 6.19. The lowest BCUT2D eigenvalue weighted by Crippen LogP contribution is -2.23. The third-order valence-corrected chi connectivity index (χ3v) is 6.77. The minimum atomic E-state index is -0.0137. The number of rotatable bonds is 9. The van der Waals surface area contributed by atoms with Gasteiger partial charge in [0, 0.05) is 31.1 Å². The van der Waals surface area contributed by atoms with Gasteiger partial charge < -0.3 is 9.47 Å². The van der Waals surface area contributed by atoms with Crippen molar-refractivity contribution in [3.05, 3.63) is 58.1 Å². The molecule has 2 aromatic rings. The minimum absolute atomic E-state index is 0.0137. The lowest BCUT2D eigenvalue weighted by atomic mass is 9.91. The van der Waals surface area contributed by atoms with Crippen LogP contribution in [0.15, 0.2) is 35.3 Å². The Kier molecular flexibility index (Phi) is 8.22. The number of aliphatic imine (C=N–C) groups is 1. The lowest BCUT2D eigenvalue weighted by Gasteiger charge is -2.33. The van der Waals surface area contributed by atoms with E-state index in [2.05, 4.69) is 69.9 Å². The van der Waals surface area contributed by atoms with Crippen LogP contribution in [0.3, 0.4) is 0 Å². The van der Waals surface area contributed by atoms with E-state index in [0.29, 0.717) is 8.58 Å². The monoisotopic (exact) mass is 399 g/mol. The van der Waals surface area contributed by atoms with Gasteiger partial charge in [0.2, 0.25) is 0 Å². The zero-order valence-corrected chi connectivity index (χ0v) is 19.3. The van der Waals surface area contributed by atoms with Crippen LogP contribution in [0.5, 0.6) is 5.75 Å². The molecule has 0 heterocycles. The van der Waals surface area contributed by atoms with Crippen molar-refractivity contribution in [3.63, 3.8) is 0 Å². The van der Waals surface area contributed by atoms with Crippen LogP contribution in [0.2, 0.25) is 0 Å². The Morgan fingerprint density at radius 2 is 1.86 bits per heavy atom. The first-order chi connectivity index (χ1) is 13.3. The Bertz CT molecular complexity index is 832. The van der Waals surface area contributed by atoms with Gasteiger partial charge in [0.05, 0.1) is 0 Å². The van der Waals surface area contributed by atoms with Gasteiger partial charge in [-0.2, -0.15) is 0 Å². The van der Waals surface area contributed by atoms with E-state index in [1.807, 2.05) is 13.3 Å². The van der Waals surface area contributed by atoms with Crippen molar-refractivity contribution in [2.75, 3.05) is 21.0 Å². The average Bonchev–Trinajstić information content (AvgIpc) is 2.63. The lowest BCUT2D eigenvalue weighted by molar-refractivity contribution is 0.0495. The zero-order valence-electron chi connectivity index (χ0n) is 18.3. The molecule has 2 atom stereocenters. The highest BCUT2D eigenvalue weighted by atomic mass is 31.1. The fraction of sp³-hybridized carbons (Fsp3) is 0.458. The van der Waals surface area contributed by atoms with Crippen LogP contribution in [0.1, 0.15) is 54.5 Å². The van der Waals surface area contributed by atoms with E-state index in [0.717, 1.165) is 18.6 Å². The highest BCUT2D eigenvalue weighted by Crippen LogP contribution is 2.49. The predicted molar refractivity (Wildman–Crippen MR) is 123 cm³/mol. The third-order valence-electron chi connectivity index (χ3n) is 4.97. The molecule has 0 saturated carbocycles. The first kappa shape index (κ1) is 22.6. The van der Waals surface area contributed by atoms with Gasteiger partial charge in [0.25, 0.3) is 0 Å². The molecule has 2 aromatic carbocycles. The maximum atomic E-state index is 6.06. The molecule has 0 amide bonds. The topological polar surface area (TPSA) is 30.8 Å². The maximum absolute atomic E-state index is 6.06. The summed E-state index contributed by atoms with van der Waals surface area (Å²) in [4.78, 5) is 4.28. The van der Waals surface area contributed by atoms with Crippen molar-refractivity contribution in [1.82, 2.24) is 0 Å². The molecular weight excluding hydrogens is 365 g/mol. The molecule has 0 saturated heterocycles. The second-order valence-corrected chi connectivity index (χ2v) is 9.59. The van der Waals surface area contributed by atoms with E-state index in [4.69, 9.17) is 9.47 Å². The number of aryl methyl sites for hydroxylation is 3. The zero-order chi connectivity index (χ0) is 20.7. The van der Waals surface area contributed by atoms with Gasteiger partial charge in [0.1, 0.15) is 5.75 Å². The van der Waals surface area contributed by atoms with E-state index in [1.165, 1.54) is 33.1 Å². The van der Waals surface area contributed by atoms with E-state index >= 15 is 0 Å². The summed E-state index contributed by atoms with van der Waals surface area (Å²) in [7, 11) is 4.12. The summed E-state index contributed by atoms with van der Waals surface area (Å²) in [6, 6.07) is 11.2. The molecule has 152 valence electrons. The summed E-state index contributed by atoms with van der Waals surface area (Å²) >= 11 is 0. The first-order valence-electron chi connectivity index (χ1n) is 9.89. The Morgan fingerprint density at radius 3 is 2.50 bits per heavy atom. The van der Waals surface area contributed by atoms with Crippen LogP contribution in [-0.2, 0) is 9.89 Å². The minimum Gasteiger partial charge on any atom is -0.467 e. The van der Waals surface area contributed by atoms with Crippen LogP contribution in [-0.4, -0.2) is 27.2 Å². The quantitative estimate of drug-likeness (QED) is 0.309. The maximum Gasteiger partial charge on any atom is 0.188 e. The Balaban J connectivity index is 2.58. The van der Waals surface area contributed by atoms with Gasteiger partial charge in [-0.05, 0) is 49.7 Å². The van der Waals surface area contributed by atoms with Gasteiger partial charge >= 0.3 is 0 Å². The molecule has 4 heteroatoms. The number of ether oxygens (including phenoxy) is 2. The standard InChI is InChI=1S/C24H34NO2P/c1-8-11-24(5,28-22-10-9-17(2)13-20(22)15-25-6)21-14-18(3)12-19(4)23(21)27-16-26-7/h9-10,12-15,28H,8,11,16H2,1-7H3/b25-15+. The van der Waals surface area contributed by atoms with Crippen molar-refractivity contribution in [2.24, 2.45) is 4.99 Å². The van der Waals surface area contributed by atoms with Crippen LogP contribution >= 0.6 is 8.58 Å². The smallest absolute Gasteiger partial charge is 0.188 e. The third kappa shape index (κ3) is 5.43. The SMILES string of the molecule is CCCC(C)(Pc1ccc(C)cc1/C=N/C)c1cc(C)cc(C)c1OCOC. The molecule has 28 heavy (non-hydrogen) atoms. The Hall–Kier alpha value is -1.70. The molecule has 0 N–H and O–H groups in total. The van der Waals surface area contributed by atoms with Gasteiger partial charge in [-0.1, -0.05) is 64.2 Å². The van der Waals surface area contributed by atoms with Gasteiger partial charge in [-0.25, -0.2) is 0 Å². The van der Waals surface area contributed by atoms with Crippen molar-refractivity contribution in [2.45, 2.75) is 52.6 Å². The summed E-state index contributed by atoms with van der Waals surface area (Å²) < 4.78 is 11.3. The summed E-state index contributed by atoms with van der Waals surface area (Å²) in [5.74, 6) is 0.966. The Labute approximate surface area is 172 Å². The van der Waals surface area contributed by atoms with Crippen molar-refractivity contribution in [3.8, 4) is 5.75 Å². The Morgan fingerprint density at radius 1 is 1.11 bits per heavy atom. The average molecular weight is 400 g/mol. The summed E-state index contributed by atoms with van der Waals surface area (Å²) in [6.45, 7) is 11.3. The second kappa shape index (κ2) is 10.2. The van der Waals surface area contributed by atoms with E-state index in [9.17, 15) is 0 Å². The molecule has 0 bridgehead atoms. The number of nitrogens with zero attached hydrogens (tertiary/aromatic N) is 1. The molecule has 0 aromatic heterocycles. The predicted octanol–water partition coefficient (Wildman–Crippen LogP) is 5.66. The molecule has 0 spiro atoms. The molecule has 2 unspecified atom stereocenters. The number of hydrogen-bond donors (Lipinski definition) is 0. The summed E-state index contributed by atoms with van der Waals surface area (Å²) in [5, 5.41) is 1.34. The summed E-state index contributed by atoms with van der Waals surface area (Å²) in [6.07, 6.45) is 4.18. The number of benzene rings is 2. The molecule has 3 nitrogen and oxygen atoms in total. The van der Waals surface area contributed by atoms with Gasteiger partial charge in [-0.15, -0.1) is 0 Å². The van der Waals surface area contributed by atoms with Crippen molar-refractivity contribution in [1.29, 1.82) is 0 Å². The molecule has 0 aliphatic carbocycles. The normalized spacial score (nSPS) is 14.1. The molecule has 0 radical (unpaired) electrons. The largest absolute Gasteiger partial charge is 0.467 e. The molecule has 0 aliphatic rings. The molecule has 0 fully saturated rings.